The van der Waals surface area contributed by atoms with Crippen LogP contribution in [0.3, 0.4) is 0 Å². The lowest BCUT2D eigenvalue weighted by atomic mass is 9.68. The molecule has 4 nitrogen and oxygen atoms in total. The van der Waals surface area contributed by atoms with Gasteiger partial charge in [0, 0.05) is 62.6 Å². The largest absolute Gasteiger partial charge is 0.374 e. The number of hydrogen-bond acceptors (Lipinski definition) is 4. The molecule has 8 heterocycles. The van der Waals surface area contributed by atoms with Gasteiger partial charge in [0.2, 0.25) is 0 Å². The summed E-state index contributed by atoms with van der Waals surface area (Å²) in [5.41, 5.74) is 1.85. The highest BCUT2D eigenvalue weighted by atomic mass is 15.3. The van der Waals surface area contributed by atoms with E-state index < -0.39 is 0 Å². The molecule has 7 saturated heterocycles. The van der Waals surface area contributed by atoms with Crippen LogP contribution >= 0.6 is 0 Å². The fourth-order valence-corrected chi connectivity index (χ4v) is 10.9. The molecule has 8 aliphatic heterocycles. The van der Waals surface area contributed by atoms with Crippen LogP contribution in [0.25, 0.3) is 0 Å². The molecule has 0 aromatic heterocycles. The Bertz CT molecular complexity index is 810. The predicted molar refractivity (Wildman–Crippen MR) is 138 cm³/mol. The van der Waals surface area contributed by atoms with Crippen molar-refractivity contribution in [1.29, 1.82) is 0 Å². The van der Waals surface area contributed by atoms with Crippen molar-refractivity contribution in [2.24, 2.45) is 23.7 Å². The third-order valence-corrected chi connectivity index (χ3v) is 12.3. The van der Waals surface area contributed by atoms with Crippen LogP contribution in [0.2, 0.25) is 0 Å². The highest BCUT2D eigenvalue weighted by Gasteiger charge is 2.50. The first-order valence-electron chi connectivity index (χ1n) is 15.5. The molecule has 0 spiro atoms. The van der Waals surface area contributed by atoms with Gasteiger partial charge in [0.25, 0.3) is 0 Å². The molecule has 4 bridgehead atoms. The SMILES string of the molecule is C1=C(C2CCCC3[C@@H]4C[C@H](CN23)C2CCCCN2C4)CCC2[C@@H]3C[C@H](CN12)C1CCCCN1C3. The van der Waals surface area contributed by atoms with Gasteiger partial charge >= 0.3 is 0 Å². The lowest BCUT2D eigenvalue weighted by Crippen LogP contribution is -2.65. The van der Waals surface area contributed by atoms with Gasteiger partial charge < -0.3 is 4.90 Å². The van der Waals surface area contributed by atoms with Crippen LogP contribution in [0, 0.1) is 23.7 Å². The summed E-state index contributed by atoms with van der Waals surface area (Å²) in [6.45, 7) is 8.40. The third kappa shape index (κ3) is 3.40. The molecule has 5 unspecified atom stereocenters. The summed E-state index contributed by atoms with van der Waals surface area (Å²) >= 11 is 0. The minimum Gasteiger partial charge on any atom is -0.374 e. The van der Waals surface area contributed by atoms with Gasteiger partial charge in [0.15, 0.2) is 0 Å². The van der Waals surface area contributed by atoms with Crippen LogP contribution in [-0.4, -0.2) is 89.1 Å². The molecule has 8 aliphatic rings. The Kier molecular flexibility index (Phi) is 5.36. The highest BCUT2D eigenvalue weighted by Crippen LogP contribution is 2.48. The maximum atomic E-state index is 3.11. The number of nitrogens with zero attached hydrogens (tertiary/aromatic N) is 4. The zero-order valence-electron chi connectivity index (χ0n) is 21.5. The molecule has 0 N–H and O–H groups in total. The molecule has 0 saturated carbocycles. The fourth-order valence-electron chi connectivity index (χ4n) is 10.9. The average Bonchev–Trinajstić information content (AvgIpc) is 2.88. The van der Waals surface area contributed by atoms with Gasteiger partial charge in [-0.1, -0.05) is 12.8 Å². The Hall–Kier alpha value is -0.580. The highest BCUT2D eigenvalue weighted by molar-refractivity contribution is 5.20. The van der Waals surface area contributed by atoms with Crippen LogP contribution in [0.15, 0.2) is 11.8 Å². The van der Waals surface area contributed by atoms with Crippen molar-refractivity contribution >= 4 is 0 Å². The van der Waals surface area contributed by atoms with E-state index in [0.717, 1.165) is 53.9 Å². The van der Waals surface area contributed by atoms with E-state index in [2.05, 4.69) is 25.8 Å². The van der Waals surface area contributed by atoms with E-state index in [4.69, 9.17) is 0 Å². The molecule has 9 atom stereocenters. The monoisotopic (exact) mass is 464 g/mol. The van der Waals surface area contributed by atoms with Crippen molar-refractivity contribution in [3.63, 3.8) is 0 Å². The minimum absolute atomic E-state index is 0.771. The Balaban J connectivity index is 1.03. The van der Waals surface area contributed by atoms with Crippen LogP contribution in [0.4, 0.5) is 0 Å². The second-order valence-electron chi connectivity index (χ2n) is 13.8. The Labute approximate surface area is 208 Å². The normalized spacial score (nSPS) is 49.4. The maximum absolute atomic E-state index is 3.11. The molecule has 0 aromatic rings. The van der Waals surface area contributed by atoms with E-state index in [-0.39, 0.29) is 0 Å². The summed E-state index contributed by atoms with van der Waals surface area (Å²) in [4.78, 5) is 11.9. The molecule has 7 fully saturated rings. The molecule has 34 heavy (non-hydrogen) atoms. The van der Waals surface area contributed by atoms with Gasteiger partial charge in [-0.05, 0) is 113 Å². The quantitative estimate of drug-likeness (QED) is 0.564. The predicted octanol–water partition coefficient (Wildman–Crippen LogP) is 4.57. The first kappa shape index (κ1) is 21.5. The van der Waals surface area contributed by atoms with Gasteiger partial charge in [-0.15, -0.1) is 0 Å². The number of piperidine rings is 7. The van der Waals surface area contributed by atoms with E-state index in [1.165, 1.54) is 116 Å². The van der Waals surface area contributed by atoms with Crippen LogP contribution in [0.5, 0.6) is 0 Å². The number of hydrogen-bond donors (Lipinski definition) is 0. The summed E-state index contributed by atoms with van der Waals surface area (Å²) in [5, 5.41) is 0. The zero-order valence-corrected chi connectivity index (χ0v) is 21.5. The zero-order chi connectivity index (χ0) is 22.2. The van der Waals surface area contributed by atoms with Gasteiger partial charge in [-0.25, -0.2) is 0 Å². The van der Waals surface area contributed by atoms with E-state index in [0.29, 0.717) is 0 Å². The van der Waals surface area contributed by atoms with Crippen LogP contribution in [0.1, 0.15) is 83.5 Å². The van der Waals surface area contributed by atoms with E-state index in [1.807, 2.05) is 5.57 Å². The molecule has 0 aromatic carbocycles. The molecular weight excluding hydrogens is 416 g/mol. The fraction of sp³-hybridized carbons (Fsp3) is 0.933. The summed E-state index contributed by atoms with van der Waals surface area (Å²) in [6, 6.07) is 4.32. The van der Waals surface area contributed by atoms with Crippen molar-refractivity contribution in [3.05, 3.63) is 11.8 Å². The summed E-state index contributed by atoms with van der Waals surface area (Å²) < 4.78 is 0. The van der Waals surface area contributed by atoms with Crippen molar-refractivity contribution in [1.82, 2.24) is 19.6 Å². The number of fused-ring (bicyclic) bond motifs is 12. The second-order valence-corrected chi connectivity index (χ2v) is 13.8. The molecule has 0 radical (unpaired) electrons. The smallest absolute Gasteiger partial charge is 0.0328 e. The minimum atomic E-state index is 0.771. The molecule has 8 rings (SSSR count). The maximum Gasteiger partial charge on any atom is 0.0328 e. The second kappa shape index (κ2) is 8.48. The number of rotatable bonds is 1. The van der Waals surface area contributed by atoms with Gasteiger partial charge in [-0.2, -0.15) is 0 Å². The van der Waals surface area contributed by atoms with Gasteiger partial charge in [0.05, 0.1) is 0 Å². The molecule has 188 valence electrons. The summed E-state index contributed by atoms with van der Waals surface area (Å²) in [7, 11) is 0. The molecular formula is C30H48N4. The van der Waals surface area contributed by atoms with Crippen LogP contribution in [-0.2, 0) is 0 Å². The van der Waals surface area contributed by atoms with Gasteiger partial charge in [0.1, 0.15) is 0 Å². The van der Waals surface area contributed by atoms with Crippen LogP contribution < -0.4 is 0 Å². The molecule has 0 aliphatic carbocycles. The van der Waals surface area contributed by atoms with E-state index in [9.17, 15) is 0 Å². The molecule has 0 amide bonds. The first-order valence-corrected chi connectivity index (χ1v) is 15.5. The van der Waals surface area contributed by atoms with Gasteiger partial charge in [-0.3, -0.25) is 14.7 Å². The topological polar surface area (TPSA) is 13.0 Å². The standard InChI is InChI=1S/C30H48N4/c1-3-12-31-17-22-14-23(26(31)6-1)19-33-16-21(10-11-28(22)33)29-8-5-9-30-24-15-25(20-34(29)30)27-7-2-4-13-32(27)18-24/h16,22-30H,1-15,17-20H2/t22-,23-,24-,25-,26?,27?,28?,29?,30?/m1/s1. The average molecular weight is 465 g/mol. The lowest BCUT2D eigenvalue weighted by Gasteiger charge is -2.60. The van der Waals surface area contributed by atoms with Crippen molar-refractivity contribution < 1.29 is 0 Å². The van der Waals surface area contributed by atoms with Crippen molar-refractivity contribution in [3.8, 4) is 0 Å². The Morgan fingerprint density at radius 2 is 1.21 bits per heavy atom. The summed E-state index contributed by atoms with van der Waals surface area (Å²) in [5.74, 6) is 3.80. The first-order chi connectivity index (χ1) is 16.8. The van der Waals surface area contributed by atoms with E-state index >= 15 is 0 Å². The van der Waals surface area contributed by atoms with E-state index in [1.54, 1.807) is 6.42 Å². The molecule has 4 heteroatoms. The third-order valence-electron chi connectivity index (χ3n) is 12.3. The van der Waals surface area contributed by atoms with Crippen molar-refractivity contribution in [2.75, 3.05) is 39.3 Å². The van der Waals surface area contributed by atoms with Crippen molar-refractivity contribution in [2.45, 2.75) is 114 Å². The Morgan fingerprint density at radius 3 is 1.97 bits per heavy atom. The Morgan fingerprint density at radius 1 is 0.559 bits per heavy atom. The summed E-state index contributed by atoms with van der Waals surface area (Å²) in [6.07, 6.45) is 21.9. The lowest BCUT2D eigenvalue weighted by molar-refractivity contribution is -0.0867.